The Morgan fingerprint density at radius 2 is 2.20 bits per heavy atom. The lowest BCUT2D eigenvalue weighted by atomic mass is 10.2. The van der Waals surface area contributed by atoms with Crippen LogP contribution in [0.25, 0.3) is 0 Å². The van der Waals surface area contributed by atoms with Crippen molar-refractivity contribution in [2.24, 2.45) is 0 Å². The third kappa shape index (κ3) is 3.02. The summed E-state index contributed by atoms with van der Waals surface area (Å²) in [5, 5.41) is 0. The highest BCUT2D eigenvalue weighted by Gasteiger charge is 2.23. The maximum atomic E-state index is 10.7. The second-order valence-corrected chi connectivity index (χ2v) is 4.17. The summed E-state index contributed by atoms with van der Waals surface area (Å²) in [6, 6.07) is 7.73. The fourth-order valence-electron chi connectivity index (χ4n) is 1.20. The first-order valence-corrected chi connectivity index (χ1v) is 5.66. The van der Waals surface area contributed by atoms with Crippen LogP contribution in [0.5, 0.6) is 5.75 Å². The monoisotopic (exact) mass is 228 g/mol. The highest BCUT2D eigenvalue weighted by atomic mass is 32.2. The van der Waals surface area contributed by atoms with E-state index in [1.54, 1.807) is 0 Å². The predicted octanol–water partition coefficient (Wildman–Crippen LogP) is 1.37. The normalized spacial score (nSPS) is 25.4. The maximum absolute atomic E-state index is 10.7. The fraction of sp³-hybridized carbons (Fsp3) is 0.400. The molecule has 2 atom stereocenters. The highest BCUT2D eigenvalue weighted by molar-refractivity contribution is 7.75. The quantitative estimate of drug-likeness (QED) is 0.783. The van der Waals surface area contributed by atoms with Crippen LogP contribution in [0, 0.1) is 6.92 Å². The molecule has 82 valence electrons. The smallest absolute Gasteiger partial charge is 0.305 e. The minimum absolute atomic E-state index is 0.243. The van der Waals surface area contributed by atoms with E-state index in [0.29, 0.717) is 13.2 Å². The van der Waals surface area contributed by atoms with Gasteiger partial charge in [0.2, 0.25) is 0 Å². The molecule has 0 spiro atoms. The largest absolute Gasteiger partial charge is 0.491 e. The van der Waals surface area contributed by atoms with Gasteiger partial charge < -0.3 is 4.74 Å². The Hall–Kier alpha value is -0.910. The maximum Gasteiger partial charge on any atom is 0.305 e. The number of hydrogen-bond acceptors (Lipinski definition) is 4. The zero-order chi connectivity index (χ0) is 10.7. The lowest BCUT2D eigenvalue weighted by Gasteiger charge is -2.08. The van der Waals surface area contributed by atoms with Crippen molar-refractivity contribution in [2.75, 3.05) is 13.2 Å². The van der Waals surface area contributed by atoms with E-state index in [9.17, 15) is 4.21 Å². The van der Waals surface area contributed by atoms with Gasteiger partial charge in [0.15, 0.2) is 0 Å². The lowest BCUT2D eigenvalue weighted by Crippen LogP contribution is -2.19. The molecular formula is C10H12O4S. The molecule has 0 aliphatic carbocycles. The fourth-order valence-corrected chi connectivity index (χ4v) is 1.85. The van der Waals surface area contributed by atoms with Crippen LogP contribution in [0.15, 0.2) is 24.3 Å². The molecule has 15 heavy (non-hydrogen) atoms. The Balaban J connectivity index is 1.83. The van der Waals surface area contributed by atoms with Gasteiger partial charge in [-0.1, -0.05) is 17.7 Å². The van der Waals surface area contributed by atoms with E-state index in [1.807, 2.05) is 31.2 Å². The Kier molecular flexibility index (Phi) is 3.35. The average molecular weight is 228 g/mol. The summed E-state index contributed by atoms with van der Waals surface area (Å²) in [5.74, 6) is 0.780. The molecule has 0 amide bonds. The molecule has 1 aliphatic rings. The third-order valence-electron chi connectivity index (χ3n) is 2.02. The number of hydrogen-bond donors (Lipinski definition) is 0. The van der Waals surface area contributed by atoms with Crippen molar-refractivity contribution < 1.29 is 17.3 Å². The van der Waals surface area contributed by atoms with Crippen molar-refractivity contribution in [2.45, 2.75) is 13.0 Å². The van der Waals surface area contributed by atoms with Crippen LogP contribution in [-0.4, -0.2) is 23.5 Å². The van der Waals surface area contributed by atoms with E-state index >= 15 is 0 Å². The Bertz CT molecular complexity index is 349. The zero-order valence-electron chi connectivity index (χ0n) is 8.34. The van der Waals surface area contributed by atoms with Crippen molar-refractivity contribution in [3.8, 4) is 5.75 Å². The summed E-state index contributed by atoms with van der Waals surface area (Å²) in [4.78, 5) is 0. The van der Waals surface area contributed by atoms with E-state index in [1.165, 1.54) is 5.56 Å². The first-order valence-electron chi connectivity index (χ1n) is 4.66. The molecule has 1 aromatic carbocycles. The molecule has 1 heterocycles. The summed E-state index contributed by atoms with van der Waals surface area (Å²) in [6.07, 6.45) is -0.243. The van der Waals surface area contributed by atoms with E-state index in [-0.39, 0.29) is 6.10 Å². The number of benzene rings is 1. The summed E-state index contributed by atoms with van der Waals surface area (Å²) < 4.78 is 25.8. The zero-order valence-corrected chi connectivity index (χ0v) is 9.16. The van der Waals surface area contributed by atoms with Crippen molar-refractivity contribution in [1.29, 1.82) is 0 Å². The molecule has 4 nitrogen and oxygen atoms in total. The summed E-state index contributed by atoms with van der Waals surface area (Å²) in [7, 11) is 0. The lowest BCUT2D eigenvalue weighted by molar-refractivity contribution is 0.151. The van der Waals surface area contributed by atoms with Gasteiger partial charge in [-0.3, -0.25) is 8.37 Å². The minimum Gasteiger partial charge on any atom is -0.491 e. The van der Waals surface area contributed by atoms with Gasteiger partial charge in [0.25, 0.3) is 0 Å². The second-order valence-electron chi connectivity index (χ2n) is 3.33. The molecule has 0 unspecified atom stereocenters. The van der Waals surface area contributed by atoms with E-state index in [0.717, 1.165) is 5.75 Å². The van der Waals surface area contributed by atoms with Gasteiger partial charge in [0.05, 0.1) is 6.61 Å². The van der Waals surface area contributed by atoms with Crippen molar-refractivity contribution >= 4 is 11.4 Å². The topological polar surface area (TPSA) is 44.8 Å². The predicted molar refractivity (Wildman–Crippen MR) is 55.6 cm³/mol. The van der Waals surface area contributed by atoms with Crippen LogP contribution in [0.3, 0.4) is 0 Å². The molecule has 0 saturated carbocycles. The van der Waals surface area contributed by atoms with E-state index < -0.39 is 11.4 Å². The number of aryl methyl sites for hydroxylation is 1. The van der Waals surface area contributed by atoms with Gasteiger partial charge in [-0.05, 0) is 19.1 Å². The van der Waals surface area contributed by atoms with Crippen LogP contribution in [-0.2, 0) is 19.7 Å². The van der Waals surface area contributed by atoms with E-state index in [4.69, 9.17) is 13.1 Å². The highest BCUT2D eigenvalue weighted by Crippen LogP contribution is 2.14. The summed E-state index contributed by atoms with van der Waals surface area (Å²) in [5.41, 5.74) is 1.18. The molecular weight excluding hydrogens is 216 g/mol. The van der Waals surface area contributed by atoms with Gasteiger partial charge in [0, 0.05) is 0 Å². The number of rotatable bonds is 3. The van der Waals surface area contributed by atoms with Crippen LogP contribution < -0.4 is 4.74 Å². The summed E-state index contributed by atoms with van der Waals surface area (Å²) in [6.45, 7) is 2.69. The van der Waals surface area contributed by atoms with Gasteiger partial charge >= 0.3 is 11.4 Å². The Morgan fingerprint density at radius 1 is 1.47 bits per heavy atom. The first kappa shape index (κ1) is 10.6. The molecule has 0 bridgehead atoms. The van der Waals surface area contributed by atoms with Crippen molar-refractivity contribution in [3.05, 3.63) is 29.8 Å². The van der Waals surface area contributed by atoms with Crippen molar-refractivity contribution in [3.63, 3.8) is 0 Å². The first-order chi connectivity index (χ1) is 7.24. The van der Waals surface area contributed by atoms with Gasteiger partial charge in [-0.15, -0.1) is 0 Å². The summed E-state index contributed by atoms with van der Waals surface area (Å²) >= 11 is -1.59. The number of ether oxygens (including phenoxy) is 1. The molecule has 1 aromatic rings. The van der Waals surface area contributed by atoms with Gasteiger partial charge in [0.1, 0.15) is 18.5 Å². The molecule has 0 radical (unpaired) electrons. The second kappa shape index (κ2) is 4.74. The molecule has 2 rings (SSSR count). The van der Waals surface area contributed by atoms with E-state index in [2.05, 4.69) is 0 Å². The third-order valence-corrected chi connectivity index (χ3v) is 2.78. The van der Waals surface area contributed by atoms with Crippen LogP contribution in [0.4, 0.5) is 0 Å². The molecule has 0 aromatic heterocycles. The molecule has 1 saturated heterocycles. The van der Waals surface area contributed by atoms with Crippen LogP contribution >= 0.6 is 0 Å². The standard InChI is InChI=1S/C10H12O4S/c1-8-2-4-9(5-3-8)12-6-10-7-13-15(11)14-10/h2-5,10H,6-7H2,1H3/t10-,15-/m0/s1. The molecule has 1 fully saturated rings. The Morgan fingerprint density at radius 3 is 2.80 bits per heavy atom. The molecule has 1 aliphatic heterocycles. The SMILES string of the molecule is Cc1ccc(OC[C@H]2CO[S@](=O)O2)cc1. The molecule has 5 heteroatoms. The van der Waals surface area contributed by atoms with Gasteiger partial charge in [-0.25, -0.2) is 0 Å². The Labute approximate surface area is 91.0 Å². The average Bonchev–Trinajstić information content (AvgIpc) is 2.64. The minimum atomic E-state index is -1.59. The van der Waals surface area contributed by atoms with Crippen LogP contribution in [0.1, 0.15) is 5.56 Å². The van der Waals surface area contributed by atoms with Crippen LogP contribution in [0.2, 0.25) is 0 Å². The van der Waals surface area contributed by atoms with Gasteiger partial charge in [-0.2, -0.15) is 4.21 Å². The molecule has 0 N–H and O–H groups in total. The van der Waals surface area contributed by atoms with Crippen molar-refractivity contribution in [1.82, 2.24) is 0 Å².